The highest BCUT2D eigenvalue weighted by atomic mass is 32.2. The number of nitrogens with one attached hydrogen (secondary N) is 2. The highest BCUT2D eigenvalue weighted by Crippen LogP contribution is 2.40. The summed E-state index contributed by atoms with van der Waals surface area (Å²) in [4.78, 5) is 17.5. The molecule has 0 aliphatic heterocycles. The van der Waals surface area contributed by atoms with Crippen LogP contribution in [0.15, 0.2) is 54.9 Å². The van der Waals surface area contributed by atoms with Gasteiger partial charge in [0.2, 0.25) is 10.0 Å². The average Bonchev–Trinajstić information content (AvgIpc) is 3.39. The van der Waals surface area contributed by atoms with Gasteiger partial charge < -0.3 is 9.88 Å². The molecule has 0 spiro atoms. The third kappa shape index (κ3) is 4.94. The number of rotatable bonds is 7. The summed E-state index contributed by atoms with van der Waals surface area (Å²) in [5, 5.41) is 11.4. The predicted molar refractivity (Wildman–Crippen MR) is 133 cm³/mol. The highest BCUT2D eigenvalue weighted by molar-refractivity contribution is 7.92. The van der Waals surface area contributed by atoms with E-state index < -0.39 is 10.0 Å². The van der Waals surface area contributed by atoms with Crippen LogP contribution in [0, 0.1) is 6.92 Å². The summed E-state index contributed by atoms with van der Waals surface area (Å²) in [6.07, 6.45) is 7.07. The molecular formula is C24H25N7O3S. The second-order valence-electron chi connectivity index (χ2n) is 8.79. The minimum Gasteiger partial charge on any atom is -0.330 e. The van der Waals surface area contributed by atoms with E-state index in [1.165, 1.54) is 12.8 Å². The number of sulfonamides is 1. The molecule has 2 heterocycles. The predicted octanol–water partition coefficient (Wildman–Crippen LogP) is 3.48. The minimum absolute atomic E-state index is 0.330. The maximum atomic E-state index is 12.9. The van der Waals surface area contributed by atoms with Gasteiger partial charge in [-0.25, -0.2) is 18.1 Å². The number of hydrogen-bond acceptors (Lipinski definition) is 6. The molecule has 2 aromatic heterocycles. The van der Waals surface area contributed by atoms with Gasteiger partial charge in [-0.15, -0.1) is 5.10 Å². The zero-order chi connectivity index (χ0) is 24.7. The van der Waals surface area contributed by atoms with E-state index in [-0.39, 0.29) is 5.91 Å². The molecule has 0 saturated heterocycles. The fourth-order valence-electron chi connectivity index (χ4n) is 3.96. The second kappa shape index (κ2) is 8.66. The molecule has 4 aromatic rings. The zero-order valence-electron chi connectivity index (χ0n) is 19.6. The molecule has 1 amide bonds. The first-order chi connectivity index (χ1) is 16.7. The van der Waals surface area contributed by atoms with Crippen molar-refractivity contribution in [3.05, 3.63) is 71.8 Å². The topological polar surface area (TPSA) is 124 Å². The normalized spacial score (nSPS) is 13.6. The SMILES string of the molecule is Cc1ccc(C(=O)Nc2cccc(NS(C)(=O)=O)c2)cc1-n1cc(-c2cnc(C3CC3)n2C)nn1. The molecule has 180 valence electrons. The summed E-state index contributed by atoms with van der Waals surface area (Å²) in [7, 11) is -1.43. The van der Waals surface area contributed by atoms with Crippen molar-refractivity contribution in [3.63, 3.8) is 0 Å². The van der Waals surface area contributed by atoms with Crippen LogP contribution < -0.4 is 10.0 Å². The maximum absolute atomic E-state index is 12.9. The van der Waals surface area contributed by atoms with Gasteiger partial charge in [0, 0.05) is 24.2 Å². The third-order valence-corrected chi connectivity index (χ3v) is 6.47. The Morgan fingerprint density at radius 2 is 1.89 bits per heavy atom. The van der Waals surface area contributed by atoms with Crippen LogP contribution in [-0.2, 0) is 17.1 Å². The summed E-state index contributed by atoms with van der Waals surface area (Å²) in [6.45, 7) is 1.94. The summed E-state index contributed by atoms with van der Waals surface area (Å²) < 4.78 is 29.1. The Hall–Kier alpha value is -3.99. The molecule has 1 saturated carbocycles. The third-order valence-electron chi connectivity index (χ3n) is 5.86. The van der Waals surface area contributed by atoms with Gasteiger partial charge in [0.15, 0.2) is 0 Å². The van der Waals surface area contributed by atoms with Crippen molar-refractivity contribution in [3.8, 4) is 17.1 Å². The maximum Gasteiger partial charge on any atom is 0.255 e. The molecule has 2 N–H and O–H groups in total. The lowest BCUT2D eigenvalue weighted by molar-refractivity contribution is 0.102. The molecule has 0 unspecified atom stereocenters. The van der Waals surface area contributed by atoms with E-state index in [9.17, 15) is 13.2 Å². The van der Waals surface area contributed by atoms with E-state index in [0.29, 0.717) is 28.6 Å². The second-order valence-corrected chi connectivity index (χ2v) is 10.5. The van der Waals surface area contributed by atoms with Crippen LogP contribution in [0.1, 0.15) is 40.5 Å². The number of aromatic nitrogens is 5. The molecule has 5 rings (SSSR count). The monoisotopic (exact) mass is 491 g/mol. The van der Waals surface area contributed by atoms with Crippen molar-refractivity contribution >= 4 is 27.3 Å². The smallest absolute Gasteiger partial charge is 0.255 e. The molecule has 0 atom stereocenters. The standard InChI is InChI=1S/C24H25N7O3S/c1-15-7-8-17(24(32)26-18-5-4-6-19(12-18)28-35(3,33)34)11-21(15)31-14-20(27-29-31)22-13-25-23(30(22)2)16-9-10-16/h4-8,11-14,16,28H,9-10H2,1-3H3,(H,26,32). The minimum atomic E-state index is -3.42. The van der Waals surface area contributed by atoms with Gasteiger partial charge in [0.25, 0.3) is 5.91 Å². The Kier molecular flexibility index (Phi) is 5.64. The number of benzene rings is 2. The number of carbonyl (C=O) groups excluding carboxylic acids is 1. The van der Waals surface area contributed by atoms with Crippen molar-refractivity contribution in [2.45, 2.75) is 25.7 Å². The Morgan fingerprint density at radius 3 is 2.63 bits per heavy atom. The summed E-state index contributed by atoms with van der Waals surface area (Å²) in [5.41, 5.74) is 4.53. The molecule has 1 fully saturated rings. The van der Waals surface area contributed by atoms with Crippen LogP contribution >= 0.6 is 0 Å². The van der Waals surface area contributed by atoms with Crippen LogP contribution in [0.2, 0.25) is 0 Å². The summed E-state index contributed by atoms with van der Waals surface area (Å²) in [6, 6.07) is 11.8. The Labute approximate surface area is 203 Å². The van der Waals surface area contributed by atoms with Crippen LogP contribution in [0.5, 0.6) is 0 Å². The Bertz CT molecular complexity index is 1530. The molecule has 0 bridgehead atoms. The van der Waals surface area contributed by atoms with Crippen molar-refractivity contribution in [2.24, 2.45) is 7.05 Å². The number of hydrogen-bond donors (Lipinski definition) is 2. The molecule has 11 heteroatoms. The van der Waals surface area contributed by atoms with Gasteiger partial charge in [0.1, 0.15) is 11.5 Å². The van der Waals surface area contributed by atoms with Gasteiger partial charge in [-0.05, 0) is 55.7 Å². The first kappa shape index (κ1) is 22.8. The summed E-state index contributed by atoms with van der Waals surface area (Å²) in [5.74, 6) is 1.27. The fraction of sp³-hybridized carbons (Fsp3) is 0.250. The van der Waals surface area contributed by atoms with Crippen molar-refractivity contribution in [2.75, 3.05) is 16.3 Å². The first-order valence-corrected chi connectivity index (χ1v) is 13.0. The number of anilines is 2. The van der Waals surface area contributed by atoms with Gasteiger partial charge in [-0.3, -0.25) is 9.52 Å². The fourth-order valence-corrected chi connectivity index (χ4v) is 4.51. The lowest BCUT2D eigenvalue weighted by Crippen LogP contribution is -2.14. The van der Waals surface area contributed by atoms with Gasteiger partial charge in [0.05, 0.1) is 35.7 Å². The van der Waals surface area contributed by atoms with Crippen molar-refractivity contribution < 1.29 is 13.2 Å². The zero-order valence-corrected chi connectivity index (χ0v) is 20.4. The van der Waals surface area contributed by atoms with Crippen molar-refractivity contribution in [1.82, 2.24) is 24.5 Å². The molecule has 1 aliphatic rings. The van der Waals surface area contributed by atoms with Crippen molar-refractivity contribution in [1.29, 1.82) is 0 Å². The van der Waals surface area contributed by atoms with Gasteiger partial charge in [-0.1, -0.05) is 17.3 Å². The van der Waals surface area contributed by atoms with E-state index in [1.807, 2.05) is 32.4 Å². The molecular weight excluding hydrogens is 466 g/mol. The van der Waals surface area contributed by atoms with Crippen LogP contribution in [0.3, 0.4) is 0 Å². The average molecular weight is 492 g/mol. The first-order valence-electron chi connectivity index (χ1n) is 11.1. The Morgan fingerprint density at radius 1 is 1.11 bits per heavy atom. The van der Waals surface area contributed by atoms with E-state index >= 15 is 0 Å². The van der Waals surface area contributed by atoms with E-state index in [1.54, 1.807) is 41.1 Å². The molecule has 10 nitrogen and oxygen atoms in total. The lowest BCUT2D eigenvalue weighted by Gasteiger charge is -2.10. The van der Waals surface area contributed by atoms with Crippen LogP contribution in [-0.4, -0.2) is 45.1 Å². The van der Waals surface area contributed by atoms with Crippen LogP contribution in [0.4, 0.5) is 11.4 Å². The number of nitrogens with zero attached hydrogens (tertiary/aromatic N) is 5. The number of imidazole rings is 1. The largest absolute Gasteiger partial charge is 0.330 e. The number of aryl methyl sites for hydroxylation is 1. The van der Waals surface area contributed by atoms with E-state index in [0.717, 1.165) is 29.0 Å². The quantitative estimate of drug-likeness (QED) is 0.408. The van der Waals surface area contributed by atoms with E-state index in [4.69, 9.17) is 0 Å². The van der Waals surface area contributed by atoms with Gasteiger partial charge in [-0.2, -0.15) is 0 Å². The summed E-state index contributed by atoms with van der Waals surface area (Å²) >= 11 is 0. The number of amides is 1. The molecule has 1 aliphatic carbocycles. The molecule has 2 aromatic carbocycles. The molecule has 0 radical (unpaired) electrons. The van der Waals surface area contributed by atoms with Crippen LogP contribution in [0.25, 0.3) is 17.1 Å². The molecule has 35 heavy (non-hydrogen) atoms. The lowest BCUT2D eigenvalue weighted by atomic mass is 10.1. The number of carbonyl (C=O) groups is 1. The highest BCUT2D eigenvalue weighted by Gasteiger charge is 2.29. The Balaban J connectivity index is 1.38. The van der Waals surface area contributed by atoms with E-state index in [2.05, 4.69) is 29.9 Å². The van der Waals surface area contributed by atoms with Gasteiger partial charge >= 0.3 is 0 Å².